The van der Waals surface area contributed by atoms with Gasteiger partial charge in [0.1, 0.15) is 17.3 Å². The van der Waals surface area contributed by atoms with Gasteiger partial charge in [-0.2, -0.15) is 5.10 Å². The number of hydrogen-bond acceptors (Lipinski definition) is 6. The molecule has 1 fully saturated rings. The quantitative estimate of drug-likeness (QED) is 0.370. The van der Waals surface area contributed by atoms with Gasteiger partial charge < -0.3 is 9.52 Å². The Balaban J connectivity index is 1.62. The zero-order chi connectivity index (χ0) is 20.9. The van der Waals surface area contributed by atoms with Crippen molar-refractivity contribution < 1.29 is 18.7 Å². The van der Waals surface area contributed by atoms with Crippen molar-refractivity contribution in [2.45, 2.75) is 6.54 Å². The van der Waals surface area contributed by atoms with E-state index >= 15 is 0 Å². The second-order valence-corrected chi connectivity index (χ2v) is 7.33. The zero-order valence-electron chi connectivity index (χ0n) is 15.6. The Kier molecular flexibility index (Phi) is 5.76. The summed E-state index contributed by atoms with van der Waals surface area (Å²) in [5, 5.41) is 17.9. The molecule has 0 bridgehead atoms. The Morgan fingerprint density at radius 1 is 1.10 bits per heavy atom. The molecule has 1 saturated heterocycles. The molecule has 0 radical (unpaired) electrons. The molecule has 1 aromatic heterocycles. The van der Waals surface area contributed by atoms with Crippen molar-refractivity contribution in [3.05, 3.63) is 94.5 Å². The summed E-state index contributed by atoms with van der Waals surface area (Å²) >= 11 is 1.16. The van der Waals surface area contributed by atoms with Crippen LogP contribution in [0, 0.1) is 5.82 Å². The maximum atomic E-state index is 13.8. The lowest BCUT2D eigenvalue weighted by Gasteiger charge is -2.12. The van der Waals surface area contributed by atoms with Gasteiger partial charge in [-0.3, -0.25) is 9.69 Å². The van der Waals surface area contributed by atoms with E-state index in [4.69, 9.17) is 4.42 Å². The van der Waals surface area contributed by atoms with Gasteiger partial charge in [-0.25, -0.2) is 4.39 Å². The van der Waals surface area contributed by atoms with Gasteiger partial charge >= 0.3 is 0 Å². The Hall–Kier alpha value is -3.65. The van der Waals surface area contributed by atoms with Crippen LogP contribution < -0.4 is 0 Å². The number of amides is 1. The molecular formula is C22H16FN3O3S. The molecule has 1 aliphatic rings. The lowest BCUT2D eigenvalue weighted by atomic mass is 10.2. The monoisotopic (exact) mass is 421 g/mol. The minimum Gasteiger partial charge on any atom is -0.508 e. The zero-order valence-corrected chi connectivity index (χ0v) is 16.4. The molecule has 150 valence electrons. The predicted molar refractivity (Wildman–Crippen MR) is 114 cm³/mol. The third kappa shape index (κ3) is 4.49. The van der Waals surface area contributed by atoms with E-state index in [1.807, 2.05) is 0 Å². The summed E-state index contributed by atoms with van der Waals surface area (Å²) in [5.41, 5.74) is 1.06. The number of halogens is 1. The standard InChI is InChI=1S/C22H16FN3O3S/c23-19-6-2-1-4-16(19)13-24-25-22-26(14-18-5-3-11-29-18)21(28)20(30-22)12-15-7-9-17(27)10-8-15/h1-13,27H,14H2/b20-12-,24-13+,25-22-. The molecule has 0 saturated carbocycles. The molecule has 3 aromatic rings. The Morgan fingerprint density at radius 3 is 2.63 bits per heavy atom. The summed E-state index contributed by atoms with van der Waals surface area (Å²) in [6.07, 6.45) is 4.55. The van der Waals surface area contributed by atoms with Gasteiger partial charge in [0.05, 0.1) is 23.9 Å². The molecule has 0 unspecified atom stereocenters. The highest BCUT2D eigenvalue weighted by molar-refractivity contribution is 8.18. The first-order valence-electron chi connectivity index (χ1n) is 8.98. The van der Waals surface area contributed by atoms with Crippen molar-refractivity contribution in [2.75, 3.05) is 0 Å². The smallest absolute Gasteiger partial charge is 0.267 e. The molecule has 1 aliphatic heterocycles. The summed E-state index contributed by atoms with van der Waals surface area (Å²) in [6, 6.07) is 16.2. The third-order valence-electron chi connectivity index (χ3n) is 4.22. The van der Waals surface area contributed by atoms with Crippen LogP contribution in [0.1, 0.15) is 16.9 Å². The van der Waals surface area contributed by atoms with Crippen LogP contribution in [0.5, 0.6) is 5.75 Å². The summed E-state index contributed by atoms with van der Waals surface area (Å²) < 4.78 is 19.1. The largest absolute Gasteiger partial charge is 0.508 e. The van der Waals surface area contributed by atoms with Gasteiger partial charge in [-0.15, -0.1) is 5.10 Å². The van der Waals surface area contributed by atoms with Crippen LogP contribution in [0.25, 0.3) is 6.08 Å². The molecular weight excluding hydrogens is 405 g/mol. The molecule has 8 heteroatoms. The van der Waals surface area contributed by atoms with Gasteiger partial charge in [0.2, 0.25) is 0 Å². The molecule has 1 amide bonds. The summed E-state index contributed by atoms with van der Waals surface area (Å²) in [6.45, 7) is 0.194. The molecule has 0 aliphatic carbocycles. The minimum absolute atomic E-state index is 0.145. The molecule has 0 spiro atoms. The van der Waals surface area contributed by atoms with Crippen LogP contribution in [0.15, 0.2) is 86.5 Å². The summed E-state index contributed by atoms with van der Waals surface area (Å²) in [5.74, 6) is 0.0913. The predicted octanol–water partition coefficient (Wildman–Crippen LogP) is 4.63. The topological polar surface area (TPSA) is 78.4 Å². The van der Waals surface area contributed by atoms with Gasteiger partial charge in [0.25, 0.3) is 5.91 Å². The normalized spacial score (nSPS) is 17.0. The first kappa shape index (κ1) is 19.7. The lowest BCUT2D eigenvalue weighted by Crippen LogP contribution is -2.28. The first-order valence-corrected chi connectivity index (χ1v) is 9.80. The van der Waals surface area contributed by atoms with Crippen molar-refractivity contribution in [2.24, 2.45) is 10.2 Å². The number of carbonyl (C=O) groups is 1. The number of amidine groups is 1. The van der Waals surface area contributed by atoms with Crippen LogP contribution in [0.2, 0.25) is 0 Å². The Morgan fingerprint density at radius 2 is 1.90 bits per heavy atom. The molecule has 2 aromatic carbocycles. The van der Waals surface area contributed by atoms with E-state index in [9.17, 15) is 14.3 Å². The maximum absolute atomic E-state index is 13.8. The van der Waals surface area contributed by atoms with Crippen LogP contribution in [0.3, 0.4) is 0 Å². The second kappa shape index (κ2) is 8.79. The van der Waals surface area contributed by atoms with Crippen molar-refractivity contribution in [1.29, 1.82) is 0 Å². The van der Waals surface area contributed by atoms with Crippen molar-refractivity contribution in [1.82, 2.24) is 4.90 Å². The highest BCUT2D eigenvalue weighted by atomic mass is 32.2. The van der Waals surface area contributed by atoms with Crippen molar-refractivity contribution in [3.8, 4) is 5.75 Å². The fraction of sp³-hybridized carbons (Fsp3) is 0.0455. The molecule has 2 heterocycles. The highest BCUT2D eigenvalue weighted by Crippen LogP contribution is 2.34. The second-order valence-electron chi connectivity index (χ2n) is 6.32. The number of carbonyl (C=O) groups excluding carboxylic acids is 1. The average molecular weight is 421 g/mol. The van der Waals surface area contributed by atoms with Crippen LogP contribution in [-0.2, 0) is 11.3 Å². The number of phenols is 1. The minimum atomic E-state index is -0.406. The lowest BCUT2D eigenvalue weighted by molar-refractivity contribution is -0.122. The number of thioether (sulfide) groups is 1. The van der Waals surface area contributed by atoms with E-state index in [0.717, 1.165) is 17.3 Å². The first-order chi connectivity index (χ1) is 14.6. The van der Waals surface area contributed by atoms with E-state index < -0.39 is 5.82 Å². The van der Waals surface area contributed by atoms with E-state index in [1.54, 1.807) is 60.7 Å². The van der Waals surface area contributed by atoms with Crippen molar-refractivity contribution in [3.63, 3.8) is 0 Å². The Labute approximate surface area is 176 Å². The van der Waals surface area contributed by atoms with E-state index in [1.165, 1.54) is 23.4 Å². The van der Waals surface area contributed by atoms with Crippen LogP contribution in [-0.4, -0.2) is 27.3 Å². The Bertz CT molecular complexity index is 1140. The number of furan rings is 1. The molecule has 0 atom stereocenters. The van der Waals surface area contributed by atoms with Gasteiger partial charge in [0.15, 0.2) is 5.17 Å². The maximum Gasteiger partial charge on any atom is 0.267 e. The van der Waals surface area contributed by atoms with Gasteiger partial charge in [-0.1, -0.05) is 30.3 Å². The van der Waals surface area contributed by atoms with Crippen LogP contribution in [0.4, 0.5) is 4.39 Å². The van der Waals surface area contributed by atoms with Crippen LogP contribution >= 0.6 is 11.8 Å². The third-order valence-corrected chi connectivity index (χ3v) is 5.22. The average Bonchev–Trinajstić information content (AvgIpc) is 3.35. The highest BCUT2D eigenvalue weighted by Gasteiger charge is 2.34. The fourth-order valence-corrected chi connectivity index (χ4v) is 3.66. The van der Waals surface area contributed by atoms with Crippen molar-refractivity contribution >= 4 is 35.1 Å². The van der Waals surface area contributed by atoms with E-state index in [-0.39, 0.29) is 18.2 Å². The number of nitrogens with zero attached hydrogens (tertiary/aromatic N) is 3. The molecule has 4 rings (SSSR count). The van der Waals surface area contributed by atoms with Gasteiger partial charge in [-0.05, 0) is 53.7 Å². The molecule has 30 heavy (non-hydrogen) atoms. The number of hydrogen-bond donors (Lipinski definition) is 1. The van der Waals surface area contributed by atoms with E-state index in [2.05, 4.69) is 10.2 Å². The summed E-state index contributed by atoms with van der Waals surface area (Å²) in [4.78, 5) is 14.9. The number of aromatic hydroxyl groups is 1. The number of phenolic OH excluding ortho intramolecular Hbond substituents is 1. The van der Waals surface area contributed by atoms with E-state index in [0.29, 0.717) is 21.4 Å². The summed E-state index contributed by atoms with van der Waals surface area (Å²) in [7, 11) is 0. The molecule has 6 nitrogen and oxygen atoms in total. The fourth-order valence-electron chi connectivity index (χ4n) is 2.72. The van der Waals surface area contributed by atoms with Gasteiger partial charge in [0, 0.05) is 5.56 Å². The number of rotatable bonds is 5. The molecule has 1 N–H and O–H groups in total. The SMILES string of the molecule is O=C1/C(=C/c2ccc(O)cc2)S/C(=N\N=C\c2ccccc2F)N1Cc1ccco1. The number of benzene rings is 2.